The molecule has 4 rings (SSSR count). The molecule has 2 fully saturated rings. The van der Waals surface area contributed by atoms with Crippen LogP contribution in [0.4, 0.5) is 0 Å². The molecule has 1 aromatic carbocycles. The van der Waals surface area contributed by atoms with Gasteiger partial charge >= 0.3 is 0 Å². The summed E-state index contributed by atoms with van der Waals surface area (Å²) in [6.07, 6.45) is 3.94. The number of hydrogen-bond acceptors (Lipinski definition) is 4. The average Bonchev–Trinajstić information content (AvgIpc) is 2.61. The number of amides is 1. The topological polar surface area (TPSA) is 51.7 Å². The van der Waals surface area contributed by atoms with E-state index in [1.165, 1.54) is 0 Å². The smallest absolute Gasteiger partial charge is 0.227 e. The Hall–Kier alpha value is -2.40. The van der Waals surface area contributed by atoms with Crippen LogP contribution in [0.1, 0.15) is 18.4 Å². The summed E-state index contributed by atoms with van der Waals surface area (Å²) >= 11 is 0. The number of ether oxygens (including phenoxy) is 2. The van der Waals surface area contributed by atoms with Crippen LogP contribution in [0.15, 0.2) is 54.7 Å². The number of carbonyl (C=O) groups excluding carboxylic acids is 1. The van der Waals surface area contributed by atoms with Crippen LogP contribution in [0.2, 0.25) is 0 Å². The van der Waals surface area contributed by atoms with Crippen LogP contribution in [0.25, 0.3) is 0 Å². The quantitative estimate of drug-likeness (QED) is 0.859. The summed E-state index contributed by atoms with van der Waals surface area (Å²) in [6, 6.07) is 15.5. The summed E-state index contributed by atoms with van der Waals surface area (Å²) in [5.74, 6) is 0.814. The zero-order valence-corrected chi connectivity index (χ0v) is 14.1. The zero-order chi connectivity index (χ0) is 17.1. The van der Waals surface area contributed by atoms with E-state index in [4.69, 9.17) is 9.47 Å². The van der Waals surface area contributed by atoms with Crippen molar-refractivity contribution in [3.63, 3.8) is 0 Å². The van der Waals surface area contributed by atoms with Gasteiger partial charge in [0.2, 0.25) is 11.8 Å². The molecule has 5 heteroatoms. The number of likely N-dealkylation sites (tertiary alicyclic amines) is 1. The summed E-state index contributed by atoms with van der Waals surface area (Å²) in [4.78, 5) is 18.5. The molecule has 2 saturated heterocycles. The van der Waals surface area contributed by atoms with Gasteiger partial charge in [0.05, 0.1) is 26.1 Å². The molecule has 5 nitrogen and oxygen atoms in total. The van der Waals surface area contributed by atoms with Gasteiger partial charge in [0, 0.05) is 25.1 Å². The first-order valence-corrected chi connectivity index (χ1v) is 8.76. The minimum atomic E-state index is -0.246. The molecule has 0 unspecified atom stereocenters. The number of carbonyl (C=O) groups is 1. The van der Waals surface area contributed by atoms with E-state index in [-0.39, 0.29) is 17.6 Å². The van der Waals surface area contributed by atoms with Gasteiger partial charge in [0.25, 0.3) is 0 Å². The van der Waals surface area contributed by atoms with E-state index < -0.39 is 0 Å². The van der Waals surface area contributed by atoms with Crippen LogP contribution in [0.3, 0.4) is 0 Å². The number of rotatable bonds is 4. The lowest BCUT2D eigenvalue weighted by molar-refractivity contribution is -0.193. The second-order valence-corrected chi connectivity index (χ2v) is 6.84. The number of hydrogen-bond donors (Lipinski definition) is 0. The molecule has 130 valence electrons. The van der Waals surface area contributed by atoms with E-state index >= 15 is 0 Å². The lowest BCUT2D eigenvalue weighted by Crippen LogP contribution is -2.67. The third-order valence-corrected chi connectivity index (χ3v) is 4.88. The van der Waals surface area contributed by atoms with Crippen LogP contribution in [0.5, 0.6) is 5.88 Å². The molecule has 2 aliphatic rings. The third kappa shape index (κ3) is 3.66. The Balaban J connectivity index is 1.31. The van der Waals surface area contributed by atoms with Crippen molar-refractivity contribution < 1.29 is 14.3 Å². The fraction of sp³-hybridized carbons (Fsp3) is 0.400. The highest BCUT2D eigenvalue weighted by Gasteiger charge is 2.49. The van der Waals surface area contributed by atoms with E-state index in [1.54, 1.807) is 6.20 Å². The first kappa shape index (κ1) is 16.1. The van der Waals surface area contributed by atoms with Gasteiger partial charge in [-0.15, -0.1) is 0 Å². The van der Waals surface area contributed by atoms with Crippen molar-refractivity contribution in [3.8, 4) is 5.88 Å². The van der Waals surface area contributed by atoms with Crippen LogP contribution in [0, 0.1) is 0 Å². The summed E-state index contributed by atoms with van der Waals surface area (Å²) in [7, 11) is 0. The summed E-state index contributed by atoms with van der Waals surface area (Å²) in [5.41, 5.74) is 0.804. The number of benzene rings is 1. The highest BCUT2D eigenvalue weighted by atomic mass is 16.5. The van der Waals surface area contributed by atoms with Crippen molar-refractivity contribution in [1.82, 2.24) is 9.88 Å². The Morgan fingerprint density at radius 2 is 2.00 bits per heavy atom. The second-order valence-electron chi connectivity index (χ2n) is 6.84. The van der Waals surface area contributed by atoms with Crippen molar-refractivity contribution in [2.24, 2.45) is 0 Å². The van der Waals surface area contributed by atoms with E-state index in [1.807, 2.05) is 53.4 Å². The van der Waals surface area contributed by atoms with Crippen LogP contribution >= 0.6 is 0 Å². The monoisotopic (exact) mass is 338 g/mol. The summed E-state index contributed by atoms with van der Waals surface area (Å²) in [5, 5.41) is 0. The van der Waals surface area contributed by atoms with E-state index in [0.717, 1.165) is 18.4 Å². The van der Waals surface area contributed by atoms with E-state index in [9.17, 15) is 4.79 Å². The normalized spacial score (nSPS) is 21.6. The van der Waals surface area contributed by atoms with Crippen LogP contribution < -0.4 is 4.74 Å². The van der Waals surface area contributed by atoms with Crippen molar-refractivity contribution in [1.29, 1.82) is 0 Å². The maximum Gasteiger partial charge on any atom is 0.227 e. The highest BCUT2D eigenvalue weighted by molar-refractivity contribution is 5.79. The lowest BCUT2D eigenvalue weighted by atomic mass is 9.84. The molecule has 2 aliphatic heterocycles. The van der Waals surface area contributed by atoms with Gasteiger partial charge in [-0.05, 0) is 11.6 Å². The Morgan fingerprint density at radius 1 is 1.20 bits per heavy atom. The predicted octanol–water partition coefficient (Wildman–Crippen LogP) is 2.46. The first-order chi connectivity index (χ1) is 12.2. The van der Waals surface area contributed by atoms with Gasteiger partial charge < -0.3 is 14.4 Å². The maximum absolute atomic E-state index is 12.4. The SMILES string of the molecule is O=C(Cc1ccccc1)N1CC2(C[C@H](Oc3ccccn3)CCO2)C1. The molecule has 0 aliphatic carbocycles. The predicted molar refractivity (Wildman–Crippen MR) is 93.3 cm³/mol. The fourth-order valence-electron chi connectivity index (χ4n) is 3.60. The van der Waals surface area contributed by atoms with Gasteiger partial charge in [0.15, 0.2) is 0 Å². The Labute approximate surface area is 147 Å². The number of aromatic nitrogens is 1. The Kier molecular flexibility index (Phi) is 4.40. The zero-order valence-electron chi connectivity index (χ0n) is 14.1. The van der Waals surface area contributed by atoms with Gasteiger partial charge in [-0.3, -0.25) is 4.79 Å². The average molecular weight is 338 g/mol. The molecule has 3 heterocycles. The summed E-state index contributed by atoms with van der Waals surface area (Å²) in [6.45, 7) is 1.97. The molecule has 0 bridgehead atoms. The minimum absolute atomic E-state index is 0.0926. The second kappa shape index (κ2) is 6.84. The highest BCUT2D eigenvalue weighted by Crippen LogP contribution is 2.35. The minimum Gasteiger partial charge on any atom is -0.474 e. The molecule has 0 radical (unpaired) electrons. The largest absolute Gasteiger partial charge is 0.474 e. The Morgan fingerprint density at radius 3 is 2.76 bits per heavy atom. The number of nitrogens with zero attached hydrogens (tertiary/aromatic N) is 2. The molecule has 0 N–H and O–H groups in total. The van der Waals surface area contributed by atoms with E-state index in [0.29, 0.717) is 32.0 Å². The molecular formula is C20H22N2O3. The molecular weight excluding hydrogens is 316 g/mol. The van der Waals surface area contributed by atoms with Crippen LogP contribution in [-0.2, 0) is 16.0 Å². The van der Waals surface area contributed by atoms with Crippen molar-refractivity contribution in [3.05, 3.63) is 60.3 Å². The molecule has 1 spiro atoms. The van der Waals surface area contributed by atoms with E-state index in [2.05, 4.69) is 4.98 Å². The van der Waals surface area contributed by atoms with Crippen molar-refractivity contribution in [2.45, 2.75) is 31.0 Å². The van der Waals surface area contributed by atoms with Gasteiger partial charge in [0.1, 0.15) is 11.7 Å². The molecule has 2 aromatic rings. The molecule has 1 amide bonds. The van der Waals surface area contributed by atoms with Crippen molar-refractivity contribution >= 4 is 5.91 Å². The van der Waals surface area contributed by atoms with Crippen LogP contribution in [-0.4, -0.2) is 47.2 Å². The molecule has 1 atom stereocenters. The van der Waals surface area contributed by atoms with Gasteiger partial charge in [-0.2, -0.15) is 0 Å². The Bertz CT molecular complexity index is 714. The molecule has 1 aromatic heterocycles. The lowest BCUT2D eigenvalue weighted by Gasteiger charge is -2.52. The standard InChI is InChI=1S/C20H22N2O3/c23-19(12-16-6-2-1-3-7-16)22-14-20(15-22)13-17(9-11-24-20)25-18-8-4-5-10-21-18/h1-8,10,17H,9,11-15H2/t17-/m1/s1. The molecule has 25 heavy (non-hydrogen) atoms. The first-order valence-electron chi connectivity index (χ1n) is 8.76. The number of pyridine rings is 1. The van der Waals surface area contributed by atoms with Gasteiger partial charge in [-0.25, -0.2) is 4.98 Å². The fourth-order valence-corrected chi connectivity index (χ4v) is 3.60. The maximum atomic E-state index is 12.4. The van der Waals surface area contributed by atoms with Gasteiger partial charge in [-0.1, -0.05) is 36.4 Å². The summed E-state index contributed by atoms with van der Waals surface area (Å²) < 4.78 is 12.0. The molecule has 0 saturated carbocycles. The third-order valence-electron chi connectivity index (χ3n) is 4.88. The van der Waals surface area contributed by atoms with Crippen molar-refractivity contribution in [2.75, 3.05) is 19.7 Å².